The maximum atomic E-state index is 13.0. The molecule has 7 nitrogen and oxygen atoms in total. The molecular weight excluding hydrogens is 328 g/mol. The zero-order valence-electron chi connectivity index (χ0n) is 22.3. The average molecular weight is 356 g/mol. The molecule has 0 saturated heterocycles. The van der Waals surface area contributed by atoms with E-state index in [1.165, 1.54) is 12.1 Å². The van der Waals surface area contributed by atoms with Crippen LogP contribution < -0.4 is 9.47 Å². The van der Waals surface area contributed by atoms with E-state index in [1.807, 2.05) is 0 Å². The Morgan fingerprint density at radius 1 is 1.33 bits per heavy atom. The zero-order valence-corrected chi connectivity index (χ0v) is 13.2. The highest BCUT2D eigenvalue weighted by atomic mass is 32.2. The molecule has 0 aliphatic heterocycles. The van der Waals surface area contributed by atoms with E-state index in [0.29, 0.717) is 5.52 Å². The van der Waals surface area contributed by atoms with Gasteiger partial charge in [0.15, 0.2) is 10.8 Å². The SMILES string of the molecule is [2H]c1nc(CS(=O)c2nc3nc(OC([2H])([2H])[2H])ccc3[nH]2)c(C([2H])([2H])[2H])c(OC)c1C([2H])([2H])[2H]. The molecule has 0 aromatic carbocycles. The van der Waals surface area contributed by atoms with Crippen LogP contribution in [0, 0.1) is 13.7 Å². The summed E-state index contributed by atoms with van der Waals surface area (Å²) in [4.78, 5) is 14.5. The van der Waals surface area contributed by atoms with Gasteiger partial charge in [-0.05, 0) is 19.8 Å². The molecule has 0 spiro atoms. The Hall–Kier alpha value is -2.48. The monoisotopic (exact) mass is 356 g/mol. The van der Waals surface area contributed by atoms with Crippen LogP contribution in [0.25, 0.3) is 11.2 Å². The normalized spacial score (nSPS) is 20.0. The molecule has 0 saturated carbocycles. The number of nitrogens with one attached hydrogen (secondary N) is 1. The highest BCUT2D eigenvalue weighted by Gasteiger charge is 2.16. The molecule has 126 valence electrons. The van der Waals surface area contributed by atoms with Gasteiger partial charge in [-0.1, -0.05) is 0 Å². The maximum absolute atomic E-state index is 13.0. The third-order valence-electron chi connectivity index (χ3n) is 3.14. The first-order chi connectivity index (χ1) is 15.5. The topological polar surface area (TPSA) is 90.0 Å². The Kier molecular flexibility index (Phi) is 2.20. The van der Waals surface area contributed by atoms with E-state index in [4.69, 9.17) is 23.2 Å². The van der Waals surface area contributed by atoms with Gasteiger partial charge in [0.1, 0.15) is 5.75 Å². The van der Waals surface area contributed by atoms with Crippen molar-refractivity contribution in [1.29, 1.82) is 0 Å². The third-order valence-corrected chi connectivity index (χ3v) is 4.30. The number of hydrogen-bond donors (Lipinski definition) is 1. The molecule has 1 unspecified atom stereocenters. The summed E-state index contributed by atoms with van der Waals surface area (Å²) in [5, 5.41) is -0.128. The predicted molar refractivity (Wildman–Crippen MR) is 90.8 cm³/mol. The van der Waals surface area contributed by atoms with Crippen molar-refractivity contribution >= 4 is 22.0 Å². The van der Waals surface area contributed by atoms with E-state index in [0.717, 1.165) is 7.11 Å². The molecule has 3 aromatic heterocycles. The fourth-order valence-electron chi connectivity index (χ4n) is 2.01. The summed E-state index contributed by atoms with van der Waals surface area (Å²) in [7, 11) is -3.69. The van der Waals surface area contributed by atoms with Crippen molar-refractivity contribution in [3.63, 3.8) is 0 Å². The zero-order chi connectivity index (χ0) is 25.6. The molecule has 3 aromatic rings. The van der Waals surface area contributed by atoms with Crippen LogP contribution in [0.15, 0.2) is 23.5 Å². The van der Waals surface area contributed by atoms with Gasteiger partial charge in [0.25, 0.3) is 0 Å². The molecule has 0 fully saturated rings. The number of ether oxygens (including phenoxy) is 2. The highest BCUT2D eigenvalue weighted by molar-refractivity contribution is 7.84. The van der Waals surface area contributed by atoms with Crippen molar-refractivity contribution in [2.75, 3.05) is 14.1 Å². The smallest absolute Gasteiger partial charge is 0.215 e. The van der Waals surface area contributed by atoms with Gasteiger partial charge in [0, 0.05) is 31.6 Å². The average Bonchev–Trinajstić information content (AvgIpc) is 3.07. The van der Waals surface area contributed by atoms with Crippen molar-refractivity contribution in [1.82, 2.24) is 19.9 Å². The van der Waals surface area contributed by atoms with Gasteiger partial charge in [-0.15, -0.1) is 0 Å². The number of aromatic amines is 1. The fraction of sp³-hybridized carbons (Fsp3) is 0.312. The molecule has 24 heavy (non-hydrogen) atoms. The van der Waals surface area contributed by atoms with Crippen molar-refractivity contribution < 1.29 is 27.4 Å². The van der Waals surface area contributed by atoms with Gasteiger partial charge in [0.2, 0.25) is 5.88 Å². The van der Waals surface area contributed by atoms with Crippen LogP contribution in [0.3, 0.4) is 0 Å². The van der Waals surface area contributed by atoms with Crippen molar-refractivity contribution in [3.05, 3.63) is 35.1 Å². The van der Waals surface area contributed by atoms with Crippen LogP contribution >= 0.6 is 0 Å². The van der Waals surface area contributed by atoms with Gasteiger partial charge >= 0.3 is 0 Å². The minimum absolute atomic E-state index is 0.00520. The molecule has 8 heteroatoms. The Bertz CT molecular complexity index is 1250. The molecule has 0 bridgehead atoms. The van der Waals surface area contributed by atoms with E-state index < -0.39 is 60.3 Å². The standard InChI is InChI=1S/C16H18N4O3S/c1-9-7-17-12(10(2)14(9)23-4)8-24(21)16-18-11-5-6-13(22-3)19-15(11)20-16/h5-7H,8H2,1-4H3,(H,18,19,20)/i1D3,2D3,3D3,7D. The Balaban J connectivity index is 2.04. The molecule has 0 amide bonds. The highest BCUT2D eigenvalue weighted by Crippen LogP contribution is 2.25. The van der Waals surface area contributed by atoms with E-state index in [2.05, 4.69) is 19.9 Å². The lowest BCUT2D eigenvalue weighted by atomic mass is 10.1. The van der Waals surface area contributed by atoms with E-state index >= 15 is 0 Å². The summed E-state index contributed by atoms with van der Waals surface area (Å²) in [5.41, 5.74) is -1.22. The van der Waals surface area contributed by atoms with Crippen LogP contribution in [0.1, 0.15) is 30.5 Å². The van der Waals surface area contributed by atoms with Crippen molar-refractivity contribution in [2.24, 2.45) is 0 Å². The number of fused-ring (bicyclic) bond motifs is 1. The second-order valence-electron chi connectivity index (χ2n) is 4.61. The minimum atomic E-state index is -2.89. The quantitative estimate of drug-likeness (QED) is 0.754. The van der Waals surface area contributed by atoms with Crippen molar-refractivity contribution in [2.45, 2.75) is 24.6 Å². The van der Waals surface area contributed by atoms with Gasteiger partial charge in [0.05, 0.1) is 47.4 Å². The van der Waals surface area contributed by atoms with E-state index in [9.17, 15) is 4.21 Å². The summed E-state index contributed by atoms with van der Waals surface area (Å²) >= 11 is 0. The number of methoxy groups -OCH3 is 2. The van der Waals surface area contributed by atoms with Gasteiger partial charge in [-0.2, -0.15) is 4.98 Å². The van der Waals surface area contributed by atoms with E-state index in [1.54, 1.807) is 0 Å². The number of imidazole rings is 1. The Morgan fingerprint density at radius 2 is 2.25 bits per heavy atom. The first-order valence-electron chi connectivity index (χ1n) is 11.5. The summed E-state index contributed by atoms with van der Waals surface area (Å²) in [6, 6.07) is 2.69. The van der Waals surface area contributed by atoms with Crippen LogP contribution in [0.5, 0.6) is 11.6 Å². The van der Waals surface area contributed by atoms with Gasteiger partial charge in [-0.3, -0.25) is 9.19 Å². The number of hydrogen-bond acceptors (Lipinski definition) is 6. The Morgan fingerprint density at radius 3 is 3.00 bits per heavy atom. The van der Waals surface area contributed by atoms with Crippen LogP contribution in [0.4, 0.5) is 0 Å². The van der Waals surface area contributed by atoms with Crippen LogP contribution in [0.2, 0.25) is 0 Å². The summed E-state index contributed by atoms with van der Waals surface area (Å²) < 4.78 is 98.6. The molecule has 3 heterocycles. The molecule has 1 atom stereocenters. The summed E-state index contributed by atoms with van der Waals surface area (Å²) in [6.07, 6.45) is -0.727. The maximum Gasteiger partial charge on any atom is 0.215 e. The number of nitrogens with zero attached hydrogens (tertiary/aromatic N) is 3. The molecule has 0 radical (unpaired) electrons. The lowest BCUT2D eigenvalue weighted by Crippen LogP contribution is -2.05. The third kappa shape index (κ3) is 2.96. The second kappa shape index (κ2) is 6.56. The van der Waals surface area contributed by atoms with Gasteiger partial charge in [-0.25, -0.2) is 4.98 Å². The van der Waals surface area contributed by atoms with Crippen LogP contribution in [-0.4, -0.2) is 38.3 Å². The number of H-pyrrole nitrogens is 1. The largest absolute Gasteiger partial charge is 0.496 e. The summed E-state index contributed by atoms with van der Waals surface area (Å²) in [5.74, 6) is -1.30. The van der Waals surface area contributed by atoms with Crippen molar-refractivity contribution in [3.8, 4) is 11.6 Å². The number of rotatable bonds is 5. The van der Waals surface area contributed by atoms with Gasteiger partial charge < -0.3 is 14.5 Å². The first kappa shape index (κ1) is 8.06. The second-order valence-corrected chi connectivity index (χ2v) is 5.97. The molecule has 0 aliphatic carbocycles. The molecule has 3 rings (SSSR count). The van der Waals surface area contributed by atoms with E-state index in [-0.39, 0.29) is 22.4 Å². The first-order valence-corrected chi connectivity index (χ1v) is 7.85. The lowest BCUT2D eigenvalue weighted by molar-refractivity contribution is 0.399. The molecule has 0 aliphatic rings. The fourth-order valence-corrected chi connectivity index (χ4v) is 3.01. The lowest BCUT2D eigenvalue weighted by Gasteiger charge is -2.11. The molecular formula is C16H18N4O3S. The molecule has 1 N–H and O–H groups in total. The minimum Gasteiger partial charge on any atom is -0.496 e. The number of pyridine rings is 2. The number of aromatic nitrogens is 4. The summed E-state index contributed by atoms with van der Waals surface area (Å²) in [6.45, 7) is -5.76. The van der Waals surface area contributed by atoms with Crippen LogP contribution in [-0.2, 0) is 16.6 Å². The Labute approximate surface area is 156 Å². The predicted octanol–water partition coefficient (Wildman–Crippen LogP) is 2.29.